The van der Waals surface area contributed by atoms with Gasteiger partial charge in [-0.2, -0.15) is 0 Å². The Morgan fingerprint density at radius 2 is 2.00 bits per heavy atom. The summed E-state index contributed by atoms with van der Waals surface area (Å²) < 4.78 is 5.70. The first kappa shape index (κ1) is 12.0. The lowest BCUT2D eigenvalue weighted by atomic mass is 10.1. The normalized spacial score (nSPS) is 28.7. The molecule has 0 radical (unpaired) electrons. The minimum Gasteiger partial charge on any atom is -0.465 e. The van der Waals surface area contributed by atoms with Crippen LogP contribution in [0.15, 0.2) is 29.2 Å². The highest BCUT2D eigenvalue weighted by molar-refractivity contribution is 5.08. The molecule has 2 saturated heterocycles. The predicted molar refractivity (Wildman–Crippen MR) is 72.4 cm³/mol. The predicted octanol–water partition coefficient (Wildman–Crippen LogP) is 2.42. The van der Waals surface area contributed by atoms with Crippen molar-refractivity contribution in [3.63, 3.8) is 0 Å². The summed E-state index contributed by atoms with van der Waals surface area (Å²) in [5, 5.41) is 0. The zero-order valence-electron chi connectivity index (χ0n) is 11.1. The summed E-state index contributed by atoms with van der Waals surface area (Å²) >= 11 is 0. The van der Waals surface area contributed by atoms with Crippen LogP contribution in [0.3, 0.4) is 0 Å². The summed E-state index contributed by atoms with van der Waals surface area (Å²) in [4.78, 5) is 5.16. The van der Waals surface area contributed by atoms with Crippen molar-refractivity contribution < 1.29 is 4.42 Å². The second-order valence-corrected chi connectivity index (χ2v) is 5.48. The molecule has 0 N–H and O–H groups in total. The molecule has 3 heteroatoms. The quantitative estimate of drug-likeness (QED) is 0.761. The Morgan fingerprint density at radius 3 is 2.67 bits per heavy atom. The van der Waals surface area contributed by atoms with Crippen LogP contribution >= 0.6 is 0 Å². The molecule has 0 amide bonds. The minimum absolute atomic E-state index is 0.718. The van der Waals surface area contributed by atoms with E-state index in [0.717, 1.165) is 36.7 Å². The molecular weight excluding hydrogens is 224 g/mol. The average Bonchev–Trinajstić information content (AvgIpc) is 3.01. The van der Waals surface area contributed by atoms with Gasteiger partial charge >= 0.3 is 0 Å². The Morgan fingerprint density at radius 1 is 1.28 bits per heavy atom. The fourth-order valence-corrected chi connectivity index (χ4v) is 3.52. The maximum Gasteiger partial charge on any atom is 0.118 e. The number of nitrogens with zero attached hydrogens (tertiary/aromatic N) is 2. The van der Waals surface area contributed by atoms with E-state index < -0.39 is 0 Å². The van der Waals surface area contributed by atoms with Crippen LogP contribution in [0.5, 0.6) is 0 Å². The summed E-state index contributed by atoms with van der Waals surface area (Å²) in [6.07, 6.45) is 4.61. The number of rotatable bonds is 4. The van der Waals surface area contributed by atoms with Crippen molar-refractivity contribution >= 4 is 0 Å². The van der Waals surface area contributed by atoms with Crippen molar-refractivity contribution in [1.29, 1.82) is 0 Å². The minimum atomic E-state index is 0.718. The summed E-state index contributed by atoms with van der Waals surface area (Å²) in [5.41, 5.74) is 0. The first-order valence-corrected chi connectivity index (χ1v) is 6.92. The largest absolute Gasteiger partial charge is 0.465 e. The maximum absolute atomic E-state index is 5.70. The van der Waals surface area contributed by atoms with Gasteiger partial charge in [0.25, 0.3) is 0 Å². The van der Waals surface area contributed by atoms with Gasteiger partial charge in [0.1, 0.15) is 11.5 Å². The van der Waals surface area contributed by atoms with Crippen molar-refractivity contribution in [2.75, 3.05) is 19.6 Å². The van der Waals surface area contributed by atoms with Crippen molar-refractivity contribution in [2.45, 2.75) is 38.4 Å². The monoisotopic (exact) mass is 246 g/mol. The van der Waals surface area contributed by atoms with Crippen LogP contribution in [-0.4, -0.2) is 41.5 Å². The van der Waals surface area contributed by atoms with E-state index in [1.165, 1.54) is 25.9 Å². The van der Waals surface area contributed by atoms with Crippen LogP contribution in [0.25, 0.3) is 0 Å². The summed E-state index contributed by atoms with van der Waals surface area (Å²) in [7, 11) is 0. The molecule has 1 aromatic rings. The molecular formula is C15H22N2O. The van der Waals surface area contributed by atoms with Gasteiger partial charge in [-0.25, -0.2) is 0 Å². The molecule has 0 unspecified atom stereocenters. The molecule has 0 aliphatic carbocycles. The molecule has 0 saturated carbocycles. The van der Waals surface area contributed by atoms with E-state index in [1.807, 2.05) is 13.0 Å². The molecule has 0 aromatic carbocycles. The number of aryl methyl sites for hydroxylation is 1. The van der Waals surface area contributed by atoms with Crippen molar-refractivity contribution in [3.05, 3.63) is 36.3 Å². The Hall–Kier alpha value is -1.06. The molecule has 2 aliphatic heterocycles. The van der Waals surface area contributed by atoms with Crippen LogP contribution in [0.1, 0.15) is 24.4 Å². The van der Waals surface area contributed by atoms with Gasteiger partial charge in [-0.1, -0.05) is 6.08 Å². The lowest BCUT2D eigenvalue weighted by Crippen LogP contribution is -2.36. The number of hydrogen-bond donors (Lipinski definition) is 0. The molecule has 2 aliphatic rings. The lowest BCUT2D eigenvalue weighted by molar-refractivity contribution is 0.211. The highest BCUT2D eigenvalue weighted by Crippen LogP contribution is 2.32. The Balaban J connectivity index is 1.64. The van der Waals surface area contributed by atoms with Gasteiger partial charge in [0.05, 0.1) is 6.54 Å². The number of furan rings is 1. The second-order valence-electron chi connectivity index (χ2n) is 5.48. The van der Waals surface area contributed by atoms with Crippen molar-refractivity contribution in [2.24, 2.45) is 0 Å². The fourth-order valence-electron chi connectivity index (χ4n) is 3.52. The van der Waals surface area contributed by atoms with Crippen LogP contribution in [0.4, 0.5) is 0 Å². The second kappa shape index (κ2) is 4.90. The zero-order chi connectivity index (χ0) is 12.5. The molecule has 18 heavy (non-hydrogen) atoms. The summed E-state index contributed by atoms with van der Waals surface area (Å²) in [5.74, 6) is 2.12. The van der Waals surface area contributed by atoms with Gasteiger partial charge in [-0.15, -0.1) is 6.58 Å². The Bertz CT molecular complexity index is 426. The van der Waals surface area contributed by atoms with Crippen molar-refractivity contribution in [1.82, 2.24) is 9.80 Å². The first-order valence-electron chi connectivity index (χ1n) is 6.92. The molecule has 0 bridgehead atoms. The topological polar surface area (TPSA) is 19.6 Å². The summed E-state index contributed by atoms with van der Waals surface area (Å²) in [6, 6.07) is 5.62. The van der Waals surface area contributed by atoms with E-state index >= 15 is 0 Å². The first-order chi connectivity index (χ1) is 8.78. The average molecular weight is 246 g/mol. The van der Waals surface area contributed by atoms with E-state index in [2.05, 4.69) is 28.5 Å². The number of likely N-dealkylation sites (tertiary alicyclic amines) is 2. The third kappa shape index (κ3) is 2.13. The molecule has 1 aromatic heterocycles. The summed E-state index contributed by atoms with van der Waals surface area (Å²) in [6.45, 7) is 10.3. The van der Waals surface area contributed by atoms with Crippen LogP contribution in [0.2, 0.25) is 0 Å². The lowest BCUT2D eigenvalue weighted by Gasteiger charge is -2.24. The van der Waals surface area contributed by atoms with Gasteiger partial charge in [0.15, 0.2) is 0 Å². The fraction of sp³-hybridized carbons (Fsp3) is 0.600. The molecule has 0 spiro atoms. The van der Waals surface area contributed by atoms with Gasteiger partial charge in [-0.05, 0) is 31.9 Å². The third-order valence-corrected chi connectivity index (χ3v) is 4.32. The smallest absolute Gasteiger partial charge is 0.118 e. The van der Waals surface area contributed by atoms with Gasteiger partial charge < -0.3 is 4.42 Å². The van der Waals surface area contributed by atoms with E-state index in [-0.39, 0.29) is 0 Å². The van der Waals surface area contributed by atoms with E-state index in [0.29, 0.717) is 0 Å². The molecule has 3 rings (SSSR count). The molecule has 2 fully saturated rings. The van der Waals surface area contributed by atoms with Gasteiger partial charge in [0, 0.05) is 31.7 Å². The Labute approximate surface area is 109 Å². The van der Waals surface area contributed by atoms with Gasteiger partial charge in [0.2, 0.25) is 0 Å². The van der Waals surface area contributed by atoms with Crippen LogP contribution < -0.4 is 0 Å². The van der Waals surface area contributed by atoms with E-state index in [1.54, 1.807) is 0 Å². The highest BCUT2D eigenvalue weighted by atomic mass is 16.3. The van der Waals surface area contributed by atoms with Gasteiger partial charge in [-0.3, -0.25) is 9.80 Å². The standard InChI is InChI=1S/C15H22N2O/c1-3-8-16-9-6-15-14(16)7-10-17(15)11-13-5-4-12(2)18-13/h3-5,14-15H,1,6-11H2,2H3/t14-,15+/m1/s1. The van der Waals surface area contributed by atoms with Crippen molar-refractivity contribution in [3.8, 4) is 0 Å². The Kier molecular flexibility index (Phi) is 3.27. The van der Waals surface area contributed by atoms with Crippen LogP contribution in [-0.2, 0) is 6.54 Å². The third-order valence-electron chi connectivity index (χ3n) is 4.32. The number of hydrogen-bond acceptors (Lipinski definition) is 3. The van der Waals surface area contributed by atoms with Crippen LogP contribution in [0, 0.1) is 6.92 Å². The SMILES string of the molecule is C=CCN1CC[C@H]2[C@H]1CCN2Cc1ccc(C)o1. The molecule has 3 nitrogen and oxygen atoms in total. The highest BCUT2D eigenvalue weighted by Gasteiger charge is 2.41. The zero-order valence-corrected chi connectivity index (χ0v) is 11.1. The molecule has 98 valence electrons. The molecule has 2 atom stereocenters. The number of fused-ring (bicyclic) bond motifs is 1. The molecule has 3 heterocycles. The van der Waals surface area contributed by atoms with E-state index in [9.17, 15) is 0 Å². The maximum atomic E-state index is 5.70. The van der Waals surface area contributed by atoms with E-state index in [4.69, 9.17) is 4.42 Å².